The first-order valence-electron chi connectivity index (χ1n) is 5.57. The number of nitrogen functional groups attached to an aromatic ring is 1. The maximum Gasteiger partial charge on any atom is 0.315 e. The van der Waals surface area contributed by atoms with E-state index in [2.05, 4.69) is 29.9 Å². The van der Waals surface area contributed by atoms with Crippen LogP contribution >= 0.6 is 0 Å². The van der Waals surface area contributed by atoms with Gasteiger partial charge in [-0.05, 0) is 6.42 Å². The van der Waals surface area contributed by atoms with Gasteiger partial charge in [-0.1, -0.05) is 12.1 Å². The lowest BCUT2D eigenvalue weighted by atomic mass is 10.2. The molecule has 0 unspecified atom stereocenters. The van der Waals surface area contributed by atoms with Gasteiger partial charge in [-0.25, -0.2) is 4.98 Å². The molecule has 1 amide bonds. The molecule has 0 aliphatic heterocycles. The molecule has 19 heavy (non-hydrogen) atoms. The normalized spacial score (nSPS) is 10.4. The van der Waals surface area contributed by atoms with Crippen LogP contribution in [0.5, 0.6) is 0 Å². The van der Waals surface area contributed by atoms with Gasteiger partial charge in [-0.3, -0.25) is 4.79 Å². The fraction of sp³-hybridized carbons (Fsp3) is 0.300. The van der Waals surface area contributed by atoms with Crippen LogP contribution in [-0.4, -0.2) is 26.0 Å². The lowest BCUT2D eigenvalue weighted by Gasteiger charge is -2.07. The number of primary amides is 1. The zero-order valence-corrected chi connectivity index (χ0v) is 10.3. The molecular formula is C10H13N7O2. The smallest absolute Gasteiger partial charge is 0.315 e. The van der Waals surface area contributed by atoms with Gasteiger partial charge >= 0.3 is 11.8 Å². The first kappa shape index (κ1) is 12.7. The molecule has 0 bridgehead atoms. The van der Waals surface area contributed by atoms with Crippen LogP contribution in [0.2, 0.25) is 0 Å². The van der Waals surface area contributed by atoms with Crippen molar-refractivity contribution in [2.45, 2.75) is 19.9 Å². The first-order chi connectivity index (χ1) is 9.10. The highest BCUT2D eigenvalue weighted by Crippen LogP contribution is 2.13. The number of amides is 1. The fourth-order valence-electron chi connectivity index (χ4n) is 1.42. The Morgan fingerprint density at radius 3 is 2.89 bits per heavy atom. The summed E-state index contributed by atoms with van der Waals surface area (Å²) in [4.78, 5) is 22.6. The van der Waals surface area contributed by atoms with Gasteiger partial charge < -0.3 is 21.3 Å². The van der Waals surface area contributed by atoms with E-state index in [0.717, 1.165) is 12.0 Å². The number of carbonyl (C=O) groups is 1. The van der Waals surface area contributed by atoms with Crippen molar-refractivity contribution in [2.24, 2.45) is 5.73 Å². The summed E-state index contributed by atoms with van der Waals surface area (Å²) in [6.07, 6.45) is 2.40. The Morgan fingerprint density at radius 2 is 2.26 bits per heavy atom. The molecule has 0 aliphatic rings. The quantitative estimate of drug-likeness (QED) is 0.667. The highest BCUT2D eigenvalue weighted by atomic mass is 16.5. The molecule has 0 spiro atoms. The molecule has 0 saturated carbocycles. The maximum atomic E-state index is 10.8. The number of aryl methyl sites for hydroxylation is 1. The minimum Gasteiger partial charge on any atom is -0.368 e. The summed E-state index contributed by atoms with van der Waals surface area (Å²) in [5, 5.41) is 6.61. The van der Waals surface area contributed by atoms with Gasteiger partial charge in [0.25, 0.3) is 0 Å². The van der Waals surface area contributed by atoms with Gasteiger partial charge in [0, 0.05) is 11.8 Å². The van der Waals surface area contributed by atoms with Crippen LogP contribution in [0.15, 0.2) is 10.7 Å². The standard InChI is InChI=1S/C10H13N7O2/c1-2-5-3-14-10(12)16-8(5)13-4-6-15-9(7(11)18)19-17-6/h3H,2,4H2,1H3,(H2,11,18)(H3,12,13,14,16). The van der Waals surface area contributed by atoms with Crippen molar-refractivity contribution in [3.05, 3.63) is 23.5 Å². The van der Waals surface area contributed by atoms with Gasteiger partial charge in [0.2, 0.25) is 5.95 Å². The zero-order valence-electron chi connectivity index (χ0n) is 10.3. The Hall–Kier alpha value is -2.71. The first-order valence-corrected chi connectivity index (χ1v) is 5.57. The van der Waals surface area contributed by atoms with Crippen molar-refractivity contribution in [1.82, 2.24) is 20.1 Å². The lowest BCUT2D eigenvalue weighted by molar-refractivity contribution is 0.0958. The summed E-state index contributed by atoms with van der Waals surface area (Å²) < 4.78 is 4.66. The van der Waals surface area contributed by atoms with Crippen LogP contribution in [-0.2, 0) is 13.0 Å². The lowest BCUT2D eigenvalue weighted by Crippen LogP contribution is -2.12. The maximum absolute atomic E-state index is 10.8. The van der Waals surface area contributed by atoms with E-state index in [1.165, 1.54) is 0 Å². The Labute approximate surface area is 108 Å². The molecule has 9 heteroatoms. The van der Waals surface area contributed by atoms with Crippen molar-refractivity contribution in [2.75, 3.05) is 11.1 Å². The summed E-state index contributed by atoms with van der Waals surface area (Å²) in [7, 11) is 0. The van der Waals surface area contributed by atoms with Crippen molar-refractivity contribution in [1.29, 1.82) is 0 Å². The molecule has 0 aliphatic carbocycles. The Kier molecular flexibility index (Phi) is 3.55. The fourth-order valence-corrected chi connectivity index (χ4v) is 1.42. The Bertz CT molecular complexity index is 595. The number of carbonyl (C=O) groups excluding carboxylic acids is 1. The van der Waals surface area contributed by atoms with Gasteiger partial charge in [-0.15, -0.1) is 0 Å². The largest absolute Gasteiger partial charge is 0.368 e. The van der Waals surface area contributed by atoms with E-state index < -0.39 is 5.91 Å². The third kappa shape index (κ3) is 2.94. The van der Waals surface area contributed by atoms with Gasteiger partial charge in [0.05, 0.1) is 6.54 Å². The van der Waals surface area contributed by atoms with Gasteiger partial charge in [0.15, 0.2) is 5.82 Å². The van der Waals surface area contributed by atoms with Crippen molar-refractivity contribution in [3.8, 4) is 0 Å². The predicted molar refractivity (Wildman–Crippen MR) is 66.0 cm³/mol. The molecule has 0 saturated heterocycles. The number of hydrogen-bond acceptors (Lipinski definition) is 8. The van der Waals surface area contributed by atoms with E-state index in [4.69, 9.17) is 11.5 Å². The molecule has 9 nitrogen and oxygen atoms in total. The molecule has 0 fully saturated rings. The van der Waals surface area contributed by atoms with E-state index in [-0.39, 0.29) is 18.4 Å². The number of rotatable bonds is 5. The number of anilines is 2. The number of hydrogen-bond donors (Lipinski definition) is 3. The molecule has 0 aromatic carbocycles. The van der Waals surface area contributed by atoms with E-state index >= 15 is 0 Å². The van der Waals surface area contributed by atoms with Crippen LogP contribution < -0.4 is 16.8 Å². The minimum atomic E-state index is -0.765. The highest BCUT2D eigenvalue weighted by Gasteiger charge is 2.12. The second-order valence-corrected chi connectivity index (χ2v) is 3.69. The van der Waals surface area contributed by atoms with Gasteiger partial charge in [-0.2, -0.15) is 9.97 Å². The molecular weight excluding hydrogens is 250 g/mol. The van der Waals surface area contributed by atoms with Crippen LogP contribution in [0.25, 0.3) is 0 Å². The number of nitrogens with two attached hydrogens (primary N) is 2. The molecule has 100 valence electrons. The summed E-state index contributed by atoms with van der Waals surface area (Å²) in [6, 6.07) is 0. The summed E-state index contributed by atoms with van der Waals surface area (Å²) >= 11 is 0. The van der Waals surface area contributed by atoms with Crippen LogP contribution in [0.4, 0.5) is 11.8 Å². The molecule has 5 N–H and O–H groups in total. The number of aromatic nitrogens is 4. The molecule has 2 aromatic rings. The van der Waals surface area contributed by atoms with E-state index in [1.54, 1.807) is 6.20 Å². The highest BCUT2D eigenvalue weighted by molar-refractivity contribution is 5.87. The second kappa shape index (κ2) is 5.29. The Balaban J connectivity index is 2.09. The van der Waals surface area contributed by atoms with E-state index in [9.17, 15) is 4.79 Å². The average Bonchev–Trinajstić information content (AvgIpc) is 2.85. The SMILES string of the molecule is CCc1cnc(N)nc1NCc1noc(C(N)=O)n1. The zero-order chi connectivity index (χ0) is 13.8. The third-order valence-electron chi connectivity index (χ3n) is 2.36. The monoisotopic (exact) mass is 263 g/mol. The summed E-state index contributed by atoms with van der Waals surface area (Å²) in [5.74, 6) is 0.0769. The number of nitrogens with zero attached hydrogens (tertiary/aromatic N) is 4. The molecule has 2 heterocycles. The van der Waals surface area contributed by atoms with Crippen molar-refractivity contribution >= 4 is 17.7 Å². The Morgan fingerprint density at radius 1 is 1.47 bits per heavy atom. The predicted octanol–water partition coefficient (Wildman–Crippen LogP) is -0.285. The summed E-state index contributed by atoms with van der Waals surface area (Å²) in [6.45, 7) is 2.21. The van der Waals surface area contributed by atoms with Crippen LogP contribution in [0.3, 0.4) is 0 Å². The molecule has 0 atom stereocenters. The topological polar surface area (TPSA) is 146 Å². The molecule has 0 radical (unpaired) electrons. The molecule has 2 rings (SSSR count). The van der Waals surface area contributed by atoms with E-state index in [1.807, 2.05) is 6.92 Å². The second-order valence-electron chi connectivity index (χ2n) is 3.69. The van der Waals surface area contributed by atoms with E-state index in [0.29, 0.717) is 11.6 Å². The molecule has 2 aromatic heterocycles. The third-order valence-corrected chi connectivity index (χ3v) is 2.36. The average molecular weight is 263 g/mol. The van der Waals surface area contributed by atoms with Crippen LogP contribution in [0.1, 0.15) is 29.0 Å². The minimum absolute atomic E-state index is 0.172. The number of nitrogens with one attached hydrogen (secondary N) is 1. The van der Waals surface area contributed by atoms with Crippen molar-refractivity contribution < 1.29 is 9.32 Å². The van der Waals surface area contributed by atoms with Crippen LogP contribution in [0, 0.1) is 0 Å². The summed E-state index contributed by atoms with van der Waals surface area (Å²) in [5.41, 5.74) is 11.4. The van der Waals surface area contributed by atoms with Crippen molar-refractivity contribution in [3.63, 3.8) is 0 Å². The van der Waals surface area contributed by atoms with Gasteiger partial charge in [0.1, 0.15) is 5.82 Å².